The molecule has 6 heteroatoms. The molecular weight excluding hydrogens is 400 g/mol. The third kappa shape index (κ3) is 8.36. The fourth-order valence-electron chi connectivity index (χ4n) is 3.50. The number of phenolic OH excluding ortho intramolecular Hbond substituents is 1. The molecule has 2 aromatic rings. The summed E-state index contributed by atoms with van der Waals surface area (Å²) in [5, 5.41) is 10.4. The molecular formula is C24H34O5S. The standard InChI is InChI=1S/C24H34O5S/c1-2-3-4-5-6-7-8-9-10-12-15-20-18-22(25)24(23(19-20)30(26,27)28)29-21-16-13-11-14-17-21/h11,13-14,16-19,25H,2-10,12,15H2,1H3,(H,26,27,28). The molecule has 0 aromatic heterocycles. The van der Waals surface area contributed by atoms with Crippen LogP contribution in [0.1, 0.15) is 76.7 Å². The number of hydrogen-bond acceptors (Lipinski definition) is 4. The smallest absolute Gasteiger partial charge is 0.298 e. The van der Waals surface area contributed by atoms with E-state index in [1.165, 1.54) is 57.1 Å². The Morgan fingerprint density at radius 3 is 1.97 bits per heavy atom. The zero-order valence-corrected chi connectivity index (χ0v) is 18.7. The summed E-state index contributed by atoms with van der Waals surface area (Å²) in [6, 6.07) is 11.5. The van der Waals surface area contributed by atoms with E-state index in [2.05, 4.69) is 6.92 Å². The Labute approximate surface area is 180 Å². The molecule has 0 bridgehead atoms. The molecule has 0 saturated heterocycles. The molecule has 0 radical (unpaired) electrons. The highest BCUT2D eigenvalue weighted by atomic mass is 32.2. The number of aryl methyl sites for hydroxylation is 1. The number of ether oxygens (including phenoxy) is 1. The van der Waals surface area contributed by atoms with Crippen molar-refractivity contribution >= 4 is 10.1 Å². The van der Waals surface area contributed by atoms with E-state index in [1.54, 1.807) is 30.3 Å². The Bertz CT molecular complexity index is 863. The van der Waals surface area contributed by atoms with Gasteiger partial charge in [-0.2, -0.15) is 8.42 Å². The van der Waals surface area contributed by atoms with Crippen LogP contribution in [0, 0.1) is 0 Å². The number of hydrogen-bond donors (Lipinski definition) is 2. The summed E-state index contributed by atoms with van der Waals surface area (Å²) in [5.74, 6) is -0.174. The number of unbranched alkanes of at least 4 members (excludes halogenated alkanes) is 9. The zero-order valence-electron chi connectivity index (χ0n) is 17.8. The second-order valence-electron chi connectivity index (χ2n) is 7.76. The van der Waals surface area contributed by atoms with Crippen molar-refractivity contribution in [1.29, 1.82) is 0 Å². The molecule has 0 saturated carbocycles. The van der Waals surface area contributed by atoms with Gasteiger partial charge in [0.1, 0.15) is 10.6 Å². The molecule has 0 aliphatic rings. The van der Waals surface area contributed by atoms with Crippen molar-refractivity contribution in [2.75, 3.05) is 0 Å². The first-order valence-corrected chi connectivity index (χ1v) is 12.4. The van der Waals surface area contributed by atoms with Gasteiger partial charge in [0.05, 0.1) is 0 Å². The monoisotopic (exact) mass is 434 g/mol. The van der Waals surface area contributed by atoms with E-state index in [0.717, 1.165) is 19.3 Å². The maximum absolute atomic E-state index is 11.9. The van der Waals surface area contributed by atoms with Crippen molar-refractivity contribution in [2.45, 2.75) is 82.4 Å². The summed E-state index contributed by atoms with van der Waals surface area (Å²) in [7, 11) is -4.54. The van der Waals surface area contributed by atoms with E-state index >= 15 is 0 Å². The number of aromatic hydroxyl groups is 1. The van der Waals surface area contributed by atoms with Crippen LogP contribution in [0.3, 0.4) is 0 Å². The summed E-state index contributed by atoms with van der Waals surface area (Å²) in [5.41, 5.74) is 0.667. The summed E-state index contributed by atoms with van der Waals surface area (Å²) < 4.78 is 38.9. The Kier molecular flexibility index (Phi) is 10.2. The molecule has 0 unspecified atom stereocenters. The van der Waals surface area contributed by atoms with Gasteiger partial charge in [-0.05, 0) is 42.7 Å². The molecule has 166 valence electrons. The SMILES string of the molecule is CCCCCCCCCCCCc1cc(O)c(Oc2ccccc2)c(S(=O)(=O)O)c1. The van der Waals surface area contributed by atoms with Crippen LogP contribution < -0.4 is 4.74 Å². The van der Waals surface area contributed by atoms with Crippen molar-refractivity contribution in [3.8, 4) is 17.2 Å². The van der Waals surface area contributed by atoms with E-state index in [-0.39, 0.29) is 11.5 Å². The lowest BCUT2D eigenvalue weighted by molar-refractivity contribution is 0.396. The van der Waals surface area contributed by atoms with Gasteiger partial charge in [-0.3, -0.25) is 4.55 Å². The van der Waals surface area contributed by atoms with Crippen molar-refractivity contribution in [3.63, 3.8) is 0 Å². The predicted octanol–water partition coefficient (Wildman–Crippen LogP) is 6.89. The van der Waals surface area contributed by atoms with E-state index < -0.39 is 15.0 Å². The first-order chi connectivity index (χ1) is 14.4. The lowest BCUT2D eigenvalue weighted by Crippen LogP contribution is -2.03. The molecule has 0 fully saturated rings. The first-order valence-electron chi connectivity index (χ1n) is 11.0. The molecule has 5 nitrogen and oxygen atoms in total. The molecule has 2 N–H and O–H groups in total. The van der Waals surface area contributed by atoms with Gasteiger partial charge < -0.3 is 9.84 Å². The Balaban J connectivity index is 1.89. The molecule has 0 atom stereocenters. The third-order valence-corrected chi connectivity index (χ3v) is 6.01. The van der Waals surface area contributed by atoms with E-state index in [0.29, 0.717) is 17.7 Å². The van der Waals surface area contributed by atoms with Gasteiger partial charge in [-0.1, -0.05) is 82.9 Å². The lowest BCUT2D eigenvalue weighted by Gasteiger charge is -2.13. The molecule has 0 amide bonds. The number of phenols is 1. The highest BCUT2D eigenvalue weighted by Crippen LogP contribution is 2.38. The average molecular weight is 435 g/mol. The van der Waals surface area contributed by atoms with Crippen molar-refractivity contribution in [3.05, 3.63) is 48.0 Å². The highest BCUT2D eigenvalue weighted by Gasteiger charge is 2.22. The van der Waals surface area contributed by atoms with Crippen molar-refractivity contribution < 1.29 is 22.8 Å². The minimum absolute atomic E-state index is 0.254. The largest absolute Gasteiger partial charge is 0.504 e. The summed E-state index contributed by atoms with van der Waals surface area (Å²) in [6.07, 6.45) is 12.8. The molecule has 0 heterocycles. The summed E-state index contributed by atoms with van der Waals surface area (Å²) in [4.78, 5) is -0.409. The molecule has 30 heavy (non-hydrogen) atoms. The molecule has 0 aliphatic carbocycles. The van der Waals surface area contributed by atoms with Crippen LogP contribution in [0.25, 0.3) is 0 Å². The molecule has 2 rings (SSSR count). The second kappa shape index (κ2) is 12.6. The van der Waals surface area contributed by atoms with Gasteiger partial charge in [0.15, 0.2) is 11.5 Å². The third-order valence-electron chi connectivity index (χ3n) is 5.16. The first kappa shape index (κ1) is 24.2. The molecule has 0 aliphatic heterocycles. The number of rotatable bonds is 14. The Hall–Kier alpha value is -2.05. The van der Waals surface area contributed by atoms with Crippen LogP contribution in [0.4, 0.5) is 0 Å². The lowest BCUT2D eigenvalue weighted by atomic mass is 10.0. The number of benzene rings is 2. The fraction of sp³-hybridized carbons (Fsp3) is 0.500. The number of para-hydroxylation sites is 1. The zero-order chi connectivity index (χ0) is 21.8. The van der Waals surface area contributed by atoms with Crippen LogP contribution in [0.5, 0.6) is 17.2 Å². The maximum Gasteiger partial charge on any atom is 0.298 e. The van der Waals surface area contributed by atoms with Gasteiger partial charge in [0.2, 0.25) is 0 Å². The quantitative estimate of drug-likeness (QED) is 0.250. The van der Waals surface area contributed by atoms with Crippen molar-refractivity contribution in [1.82, 2.24) is 0 Å². The van der Waals surface area contributed by atoms with Crippen LogP contribution in [-0.2, 0) is 16.5 Å². The molecule has 2 aromatic carbocycles. The van der Waals surface area contributed by atoms with Gasteiger partial charge in [-0.15, -0.1) is 0 Å². The van der Waals surface area contributed by atoms with Crippen LogP contribution >= 0.6 is 0 Å². The minimum Gasteiger partial charge on any atom is -0.504 e. The van der Waals surface area contributed by atoms with Crippen LogP contribution in [0.15, 0.2) is 47.4 Å². The van der Waals surface area contributed by atoms with Crippen molar-refractivity contribution in [2.24, 2.45) is 0 Å². The van der Waals surface area contributed by atoms with Crippen LogP contribution in [0.2, 0.25) is 0 Å². The van der Waals surface area contributed by atoms with E-state index in [1.807, 2.05) is 0 Å². The van der Waals surface area contributed by atoms with Gasteiger partial charge >= 0.3 is 0 Å². The van der Waals surface area contributed by atoms with Gasteiger partial charge in [-0.25, -0.2) is 0 Å². The minimum atomic E-state index is -4.54. The maximum atomic E-state index is 11.9. The van der Waals surface area contributed by atoms with Crippen LogP contribution in [-0.4, -0.2) is 18.1 Å². The van der Waals surface area contributed by atoms with Gasteiger partial charge in [0, 0.05) is 0 Å². The van der Waals surface area contributed by atoms with Gasteiger partial charge in [0.25, 0.3) is 10.1 Å². The average Bonchev–Trinajstić information content (AvgIpc) is 2.71. The topological polar surface area (TPSA) is 83.8 Å². The Morgan fingerprint density at radius 1 is 0.833 bits per heavy atom. The molecule has 0 spiro atoms. The second-order valence-corrected chi connectivity index (χ2v) is 9.15. The Morgan fingerprint density at radius 2 is 1.40 bits per heavy atom. The summed E-state index contributed by atoms with van der Waals surface area (Å²) >= 11 is 0. The predicted molar refractivity (Wildman–Crippen MR) is 120 cm³/mol. The summed E-state index contributed by atoms with van der Waals surface area (Å²) in [6.45, 7) is 2.22. The fourth-order valence-corrected chi connectivity index (χ4v) is 4.19. The van der Waals surface area contributed by atoms with E-state index in [9.17, 15) is 18.1 Å². The highest BCUT2D eigenvalue weighted by molar-refractivity contribution is 7.86. The van der Waals surface area contributed by atoms with E-state index in [4.69, 9.17) is 4.74 Å². The normalized spacial score (nSPS) is 11.5.